The summed E-state index contributed by atoms with van der Waals surface area (Å²) in [5.41, 5.74) is 1.08. The minimum Gasteiger partial charge on any atom is -0.624 e. The highest BCUT2D eigenvalue weighted by Crippen LogP contribution is 2.07. The Morgan fingerprint density at radius 1 is 0.947 bits per heavy atom. The van der Waals surface area contributed by atoms with Gasteiger partial charge in [-0.1, -0.05) is 75.8 Å². The molecule has 106 valence electrons. The first kappa shape index (κ1) is 15.7. The third-order valence-electron chi connectivity index (χ3n) is 3.32. The first-order valence-electron chi connectivity index (χ1n) is 7.64. The van der Waals surface area contributed by atoms with E-state index in [-0.39, 0.29) is 0 Å². The molecule has 0 fully saturated rings. The molecule has 0 unspecified atom stereocenters. The Morgan fingerprint density at radius 3 is 2.26 bits per heavy atom. The molecule has 0 atom stereocenters. The average molecular weight is 261 g/mol. The van der Waals surface area contributed by atoms with Gasteiger partial charge in [0.1, 0.15) is 0 Å². The molecule has 19 heavy (non-hydrogen) atoms. The van der Waals surface area contributed by atoms with Gasteiger partial charge in [-0.25, -0.2) is 4.74 Å². The van der Waals surface area contributed by atoms with Crippen LogP contribution in [0.2, 0.25) is 0 Å². The SMILES string of the molecule is CCCCCCCCC/C=[N+](\[O-])Cc1ccccc1. The molecule has 0 heterocycles. The van der Waals surface area contributed by atoms with Crippen molar-refractivity contribution in [2.24, 2.45) is 0 Å². The number of hydrogen-bond acceptors (Lipinski definition) is 1. The van der Waals surface area contributed by atoms with Crippen molar-refractivity contribution in [1.82, 2.24) is 0 Å². The molecule has 0 saturated carbocycles. The van der Waals surface area contributed by atoms with Gasteiger partial charge in [0.15, 0.2) is 12.8 Å². The van der Waals surface area contributed by atoms with Gasteiger partial charge in [-0.3, -0.25) is 0 Å². The largest absolute Gasteiger partial charge is 0.624 e. The maximum Gasteiger partial charge on any atom is 0.178 e. The van der Waals surface area contributed by atoms with E-state index in [9.17, 15) is 5.21 Å². The van der Waals surface area contributed by atoms with Crippen molar-refractivity contribution in [1.29, 1.82) is 0 Å². The summed E-state index contributed by atoms with van der Waals surface area (Å²) in [6.07, 6.45) is 11.8. The maximum atomic E-state index is 11.6. The molecule has 0 N–H and O–H groups in total. The third kappa shape index (κ3) is 8.41. The predicted octanol–water partition coefficient (Wildman–Crippen LogP) is 4.91. The van der Waals surface area contributed by atoms with Crippen LogP contribution in [0, 0.1) is 5.21 Å². The van der Waals surface area contributed by atoms with Crippen molar-refractivity contribution in [2.45, 2.75) is 64.8 Å². The second-order valence-electron chi connectivity index (χ2n) is 5.15. The predicted molar refractivity (Wildman–Crippen MR) is 82.4 cm³/mol. The average Bonchev–Trinajstić information content (AvgIpc) is 2.43. The zero-order chi connectivity index (χ0) is 13.8. The lowest BCUT2D eigenvalue weighted by Gasteiger charge is -2.04. The van der Waals surface area contributed by atoms with E-state index in [1.807, 2.05) is 30.3 Å². The van der Waals surface area contributed by atoms with E-state index in [0.717, 1.165) is 23.1 Å². The van der Waals surface area contributed by atoms with Crippen LogP contribution in [0.5, 0.6) is 0 Å². The summed E-state index contributed by atoms with van der Waals surface area (Å²) in [6, 6.07) is 9.90. The van der Waals surface area contributed by atoms with Crippen molar-refractivity contribution in [2.75, 3.05) is 0 Å². The van der Waals surface area contributed by atoms with Crippen LogP contribution in [0.3, 0.4) is 0 Å². The van der Waals surface area contributed by atoms with E-state index in [1.165, 1.54) is 38.5 Å². The van der Waals surface area contributed by atoms with Crippen LogP contribution in [0.1, 0.15) is 63.9 Å². The molecule has 1 rings (SSSR count). The molecule has 0 aromatic heterocycles. The molecule has 2 heteroatoms. The highest BCUT2D eigenvalue weighted by atomic mass is 16.5. The van der Waals surface area contributed by atoms with Crippen molar-refractivity contribution >= 4 is 6.21 Å². The fraction of sp³-hybridized carbons (Fsp3) is 0.588. The second kappa shape index (κ2) is 10.6. The van der Waals surface area contributed by atoms with Crippen molar-refractivity contribution in [3.63, 3.8) is 0 Å². The summed E-state index contributed by atoms with van der Waals surface area (Å²) in [6.45, 7) is 2.71. The van der Waals surface area contributed by atoms with Crippen LogP contribution < -0.4 is 0 Å². The van der Waals surface area contributed by atoms with Crippen LogP contribution in [0.15, 0.2) is 30.3 Å². The lowest BCUT2D eigenvalue weighted by Crippen LogP contribution is -2.04. The van der Waals surface area contributed by atoms with Crippen molar-refractivity contribution in [3.8, 4) is 0 Å². The third-order valence-corrected chi connectivity index (χ3v) is 3.32. The Hall–Kier alpha value is -1.31. The lowest BCUT2D eigenvalue weighted by atomic mass is 10.1. The number of hydrogen-bond donors (Lipinski definition) is 0. The van der Waals surface area contributed by atoms with E-state index in [1.54, 1.807) is 6.21 Å². The molecule has 0 spiro atoms. The lowest BCUT2D eigenvalue weighted by molar-refractivity contribution is -0.471. The van der Waals surface area contributed by atoms with Gasteiger partial charge >= 0.3 is 0 Å². The van der Waals surface area contributed by atoms with Crippen LogP contribution >= 0.6 is 0 Å². The van der Waals surface area contributed by atoms with Crippen LogP contribution in [0.25, 0.3) is 0 Å². The summed E-state index contributed by atoms with van der Waals surface area (Å²) in [5, 5.41) is 11.6. The summed E-state index contributed by atoms with van der Waals surface area (Å²) in [7, 11) is 0. The topological polar surface area (TPSA) is 26.1 Å². The Kier molecular flexibility index (Phi) is 8.78. The van der Waals surface area contributed by atoms with E-state index < -0.39 is 0 Å². The monoisotopic (exact) mass is 261 g/mol. The van der Waals surface area contributed by atoms with Crippen molar-refractivity contribution in [3.05, 3.63) is 41.1 Å². The van der Waals surface area contributed by atoms with Gasteiger partial charge in [0.2, 0.25) is 0 Å². The van der Waals surface area contributed by atoms with Gasteiger partial charge in [0, 0.05) is 12.0 Å². The van der Waals surface area contributed by atoms with Crippen LogP contribution in [0.4, 0.5) is 0 Å². The summed E-state index contributed by atoms with van der Waals surface area (Å²) in [4.78, 5) is 0. The molecule has 0 aliphatic heterocycles. The van der Waals surface area contributed by atoms with Gasteiger partial charge in [-0.05, 0) is 6.42 Å². The van der Waals surface area contributed by atoms with Gasteiger partial charge in [-0.2, -0.15) is 0 Å². The minimum absolute atomic E-state index is 0.470. The number of rotatable bonds is 10. The quantitative estimate of drug-likeness (QED) is 0.193. The Labute approximate surface area is 117 Å². The van der Waals surface area contributed by atoms with Crippen LogP contribution in [-0.4, -0.2) is 11.0 Å². The highest BCUT2D eigenvalue weighted by Gasteiger charge is 1.97. The Balaban J connectivity index is 2.05. The molecule has 0 amide bonds. The van der Waals surface area contributed by atoms with Crippen LogP contribution in [-0.2, 0) is 6.54 Å². The van der Waals surface area contributed by atoms with Gasteiger partial charge in [-0.15, -0.1) is 0 Å². The normalized spacial score (nSPS) is 11.7. The number of unbranched alkanes of at least 4 members (excludes halogenated alkanes) is 7. The fourth-order valence-electron chi connectivity index (χ4n) is 2.16. The molecule has 0 radical (unpaired) electrons. The van der Waals surface area contributed by atoms with E-state index >= 15 is 0 Å². The molecule has 0 aliphatic carbocycles. The first-order chi connectivity index (χ1) is 9.33. The number of benzene rings is 1. The van der Waals surface area contributed by atoms with Gasteiger partial charge in [0.25, 0.3) is 0 Å². The summed E-state index contributed by atoms with van der Waals surface area (Å²) in [5.74, 6) is 0. The number of hydroxylamine groups is 1. The highest BCUT2D eigenvalue weighted by molar-refractivity contribution is 5.51. The maximum absolute atomic E-state index is 11.6. The first-order valence-corrected chi connectivity index (χ1v) is 7.64. The summed E-state index contributed by atoms with van der Waals surface area (Å²) >= 11 is 0. The molecule has 1 aromatic carbocycles. The molecule has 2 nitrogen and oxygen atoms in total. The minimum atomic E-state index is 0.470. The van der Waals surface area contributed by atoms with E-state index in [4.69, 9.17) is 0 Å². The Morgan fingerprint density at radius 2 is 1.58 bits per heavy atom. The molecular formula is C17H27NO. The van der Waals surface area contributed by atoms with Gasteiger partial charge in [0.05, 0.1) is 0 Å². The second-order valence-corrected chi connectivity index (χ2v) is 5.15. The molecule has 0 bridgehead atoms. The van der Waals surface area contributed by atoms with Gasteiger partial charge < -0.3 is 5.21 Å². The summed E-state index contributed by atoms with van der Waals surface area (Å²) < 4.78 is 1.06. The molecular weight excluding hydrogens is 234 g/mol. The smallest absolute Gasteiger partial charge is 0.178 e. The fourth-order valence-corrected chi connectivity index (χ4v) is 2.16. The molecule has 0 saturated heterocycles. The molecule has 1 aromatic rings. The zero-order valence-electron chi connectivity index (χ0n) is 12.2. The van der Waals surface area contributed by atoms with Crippen molar-refractivity contribution < 1.29 is 4.74 Å². The molecule has 0 aliphatic rings. The zero-order valence-corrected chi connectivity index (χ0v) is 12.2. The standard InChI is InChI=1S/C17H27NO/c1-2-3-4-5-6-7-8-12-15-18(19)16-17-13-10-9-11-14-17/h9-11,13-15H,2-8,12,16H2,1H3/b18-15-. The Bertz CT molecular complexity index is 346. The number of nitrogens with zero attached hydrogens (tertiary/aromatic N) is 1. The van der Waals surface area contributed by atoms with E-state index in [0.29, 0.717) is 6.54 Å². The van der Waals surface area contributed by atoms with E-state index in [2.05, 4.69) is 6.92 Å².